The van der Waals surface area contributed by atoms with Crippen molar-refractivity contribution in [1.29, 1.82) is 0 Å². The SMILES string of the molecule is CNc1ncnc(NCCOC2CCCC2)c1Br. The molecule has 2 rings (SSSR count). The number of aromatic nitrogens is 2. The van der Waals surface area contributed by atoms with Gasteiger partial charge in [-0.25, -0.2) is 9.97 Å². The summed E-state index contributed by atoms with van der Waals surface area (Å²) in [4.78, 5) is 8.30. The van der Waals surface area contributed by atoms with Gasteiger partial charge < -0.3 is 15.4 Å². The predicted molar refractivity (Wildman–Crippen MR) is 76.0 cm³/mol. The molecule has 1 aromatic rings. The normalized spacial score (nSPS) is 15.9. The molecule has 0 radical (unpaired) electrons. The molecule has 1 aliphatic carbocycles. The lowest BCUT2D eigenvalue weighted by molar-refractivity contribution is 0.0658. The van der Waals surface area contributed by atoms with Gasteiger partial charge in [0, 0.05) is 13.6 Å². The van der Waals surface area contributed by atoms with Crippen molar-refractivity contribution in [1.82, 2.24) is 9.97 Å². The molecule has 6 heteroatoms. The van der Waals surface area contributed by atoms with Crippen LogP contribution in [0.4, 0.5) is 11.6 Å². The molecule has 2 N–H and O–H groups in total. The van der Waals surface area contributed by atoms with Gasteiger partial charge in [-0.05, 0) is 28.8 Å². The Hall–Kier alpha value is -0.880. The second-order valence-corrected chi connectivity index (χ2v) is 5.13. The van der Waals surface area contributed by atoms with Crippen molar-refractivity contribution >= 4 is 27.6 Å². The van der Waals surface area contributed by atoms with E-state index in [4.69, 9.17) is 4.74 Å². The molecular formula is C12H19BrN4O. The maximum Gasteiger partial charge on any atom is 0.146 e. The molecule has 1 fully saturated rings. The van der Waals surface area contributed by atoms with E-state index in [2.05, 4.69) is 36.5 Å². The van der Waals surface area contributed by atoms with Crippen LogP contribution in [0.2, 0.25) is 0 Å². The summed E-state index contributed by atoms with van der Waals surface area (Å²) in [6.07, 6.45) is 7.04. The molecule has 0 saturated heterocycles. The third-order valence-corrected chi connectivity index (χ3v) is 3.83. The molecule has 0 unspecified atom stereocenters. The molecule has 0 aliphatic heterocycles. The zero-order chi connectivity index (χ0) is 12.8. The first kappa shape index (κ1) is 13.5. The van der Waals surface area contributed by atoms with Gasteiger partial charge in [-0.3, -0.25) is 0 Å². The van der Waals surface area contributed by atoms with Gasteiger partial charge in [0.05, 0.1) is 12.7 Å². The zero-order valence-electron chi connectivity index (χ0n) is 10.6. The first-order chi connectivity index (χ1) is 8.81. The maximum atomic E-state index is 5.78. The highest BCUT2D eigenvalue weighted by Gasteiger charge is 2.14. The number of halogens is 1. The molecule has 100 valence electrons. The lowest BCUT2D eigenvalue weighted by Gasteiger charge is -2.13. The molecule has 0 aromatic carbocycles. The van der Waals surface area contributed by atoms with Crippen LogP contribution in [0.1, 0.15) is 25.7 Å². The summed E-state index contributed by atoms with van der Waals surface area (Å²) in [7, 11) is 1.83. The highest BCUT2D eigenvalue weighted by atomic mass is 79.9. The Morgan fingerprint density at radius 2 is 2.06 bits per heavy atom. The number of anilines is 2. The number of hydrogen-bond donors (Lipinski definition) is 2. The van der Waals surface area contributed by atoms with Crippen LogP contribution in [0, 0.1) is 0 Å². The summed E-state index contributed by atoms with van der Waals surface area (Å²) in [5.74, 6) is 1.58. The molecule has 0 atom stereocenters. The van der Waals surface area contributed by atoms with Crippen LogP contribution in [0.15, 0.2) is 10.8 Å². The first-order valence-corrected chi connectivity index (χ1v) is 7.14. The Bertz CT molecular complexity index is 382. The minimum absolute atomic E-state index is 0.466. The van der Waals surface area contributed by atoms with Crippen LogP contribution < -0.4 is 10.6 Å². The number of rotatable bonds is 6. The minimum atomic E-state index is 0.466. The van der Waals surface area contributed by atoms with E-state index in [0.29, 0.717) is 6.10 Å². The Morgan fingerprint density at radius 1 is 1.33 bits per heavy atom. The molecule has 18 heavy (non-hydrogen) atoms. The molecule has 1 aromatic heterocycles. The highest BCUT2D eigenvalue weighted by molar-refractivity contribution is 9.10. The van der Waals surface area contributed by atoms with Gasteiger partial charge in [0.15, 0.2) is 0 Å². The van der Waals surface area contributed by atoms with E-state index < -0.39 is 0 Å². The number of nitrogens with zero attached hydrogens (tertiary/aromatic N) is 2. The van der Waals surface area contributed by atoms with Crippen LogP contribution in [0.3, 0.4) is 0 Å². The Morgan fingerprint density at radius 3 is 2.78 bits per heavy atom. The molecule has 5 nitrogen and oxygen atoms in total. The molecule has 1 heterocycles. The Labute approximate surface area is 116 Å². The second-order valence-electron chi connectivity index (χ2n) is 4.34. The summed E-state index contributed by atoms with van der Waals surface area (Å²) < 4.78 is 6.64. The fraction of sp³-hybridized carbons (Fsp3) is 0.667. The van der Waals surface area contributed by atoms with Gasteiger partial charge >= 0.3 is 0 Å². The summed E-state index contributed by atoms with van der Waals surface area (Å²) in [5, 5.41) is 6.25. The van der Waals surface area contributed by atoms with Gasteiger partial charge in [0.25, 0.3) is 0 Å². The maximum absolute atomic E-state index is 5.78. The summed E-state index contributed by atoms with van der Waals surface area (Å²) in [6, 6.07) is 0. The summed E-state index contributed by atoms with van der Waals surface area (Å²) in [5.41, 5.74) is 0. The average Bonchev–Trinajstić information content (AvgIpc) is 2.89. The Balaban J connectivity index is 1.75. The van der Waals surface area contributed by atoms with Crippen LogP contribution in [-0.2, 0) is 4.74 Å². The van der Waals surface area contributed by atoms with Crippen molar-refractivity contribution in [3.8, 4) is 0 Å². The standard InChI is InChI=1S/C12H19BrN4O/c1-14-11-10(13)12(17-8-16-11)15-6-7-18-9-4-2-3-5-9/h8-9H,2-7H2,1H3,(H2,14,15,16,17). The topological polar surface area (TPSA) is 59.1 Å². The molecule has 1 saturated carbocycles. The fourth-order valence-electron chi connectivity index (χ4n) is 2.12. The number of hydrogen-bond acceptors (Lipinski definition) is 5. The van der Waals surface area contributed by atoms with Crippen LogP contribution in [0.25, 0.3) is 0 Å². The van der Waals surface area contributed by atoms with E-state index in [-0.39, 0.29) is 0 Å². The largest absolute Gasteiger partial charge is 0.376 e. The Kier molecular flexibility index (Phi) is 5.19. The van der Waals surface area contributed by atoms with Crippen molar-refractivity contribution in [2.24, 2.45) is 0 Å². The smallest absolute Gasteiger partial charge is 0.146 e. The van der Waals surface area contributed by atoms with Gasteiger partial charge in [-0.15, -0.1) is 0 Å². The zero-order valence-corrected chi connectivity index (χ0v) is 12.2. The molecule has 0 bridgehead atoms. The van der Waals surface area contributed by atoms with Gasteiger partial charge in [0.2, 0.25) is 0 Å². The molecular weight excluding hydrogens is 296 g/mol. The first-order valence-electron chi connectivity index (χ1n) is 6.35. The average molecular weight is 315 g/mol. The van der Waals surface area contributed by atoms with E-state index in [9.17, 15) is 0 Å². The van der Waals surface area contributed by atoms with Gasteiger partial charge in [-0.2, -0.15) is 0 Å². The van der Waals surface area contributed by atoms with Crippen molar-refractivity contribution in [3.63, 3.8) is 0 Å². The fourth-order valence-corrected chi connectivity index (χ4v) is 2.66. The lowest BCUT2D eigenvalue weighted by Crippen LogP contribution is -2.16. The van der Waals surface area contributed by atoms with Crippen LogP contribution in [0.5, 0.6) is 0 Å². The van der Waals surface area contributed by atoms with E-state index in [1.54, 1.807) is 0 Å². The van der Waals surface area contributed by atoms with E-state index in [1.165, 1.54) is 32.0 Å². The van der Waals surface area contributed by atoms with Crippen molar-refractivity contribution in [3.05, 3.63) is 10.8 Å². The van der Waals surface area contributed by atoms with Crippen molar-refractivity contribution in [2.75, 3.05) is 30.8 Å². The summed E-state index contributed by atoms with van der Waals surface area (Å²) >= 11 is 3.47. The minimum Gasteiger partial charge on any atom is -0.376 e. The van der Waals surface area contributed by atoms with Crippen LogP contribution >= 0.6 is 15.9 Å². The highest BCUT2D eigenvalue weighted by Crippen LogP contribution is 2.25. The van der Waals surface area contributed by atoms with Crippen LogP contribution in [-0.4, -0.2) is 36.3 Å². The quantitative estimate of drug-likeness (QED) is 0.790. The van der Waals surface area contributed by atoms with Crippen molar-refractivity contribution in [2.45, 2.75) is 31.8 Å². The second kappa shape index (κ2) is 6.89. The predicted octanol–water partition coefficient (Wildman–Crippen LogP) is 2.65. The third kappa shape index (κ3) is 3.55. The van der Waals surface area contributed by atoms with E-state index >= 15 is 0 Å². The molecule has 0 spiro atoms. The monoisotopic (exact) mass is 314 g/mol. The molecule has 1 aliphatic rings. The molecule has 0 amide bonds. The lowest BCUT2D eigenvalue weighted by atomic mass is 10.3. The summed E-state index contributed by atoms with van der Waals surface area (Å²) in [6.45, 7) is 1.48. The van der Waals surface area contributed by atoms with Crippen molar-refractivity contribution < 1.29 is 4.74 Å². The van der Waals surface area contributed by atoms with E-state index in [0.717, 1.165) is 29.3 Å². The number of ether oxygens (including phenoxy) is 1. The number of nitrogens with one attached hydrogen (secondary N) is 2. The van der Waals surface area contributed by atoms with Gasteiger partial charge in [0.1, 0.15) is 22.4 Å². The third-order valence-electron chi connectivity index (χ3n) is 3.08. The van der Waals surface area contributed by atoms with Gasteiger partial charge in [-0.1, -0.05) is 12.8 Å². The van der Waals surface area contributed by atoms with E-state index in [1.807, 2.05) is 7.05 Å².